The summed E-state index contributed by atoms with van der Waals surface area (Å²) in [7, 11) is 2.15. The number of carbonyl (C=O) groups excluding carboxylic acids is 1. The predicted octanol–water partition coefficient (Wildman–Crippen LogP) is 3.90. The number of amides is 1. The fraction of sp³-hybridized carbons (Fsp3) is 0.304. The first-order valence-electron chi connectivity index (χ1n) is 10.1. The first kappa shape index (κ1) is 20.4. The van der Waals surface area contributed by atoms with Crippen LogP contribution in [0.4, 0.5) is 11.4 Å². The van der Waals surface area contributed by atoms with E-state index in [1.165, 1.54) is 5.69 Å². The maximum Gasteiger partial charge on any atom is 0.258 e. The second-order valence-corrected chi connectivity index (χ2v) is 8.17. The van der Waals surface area contributed by atoms with Crippen LogP contribution < -0.4 is 10.2 Å². The van der Waals surface area contributed by atoms with E-state index < -0.39 is 0 Å². The van der Waals surface area contributed by atoms with E-state index in [1.54, 1.807) is 17.1 Å². The zero-order chi connectivity index (χ0) is 21.1. The summed E-state index contributed by atoms with van der Waals surface area (Å²) in [6.45, 7) is 6.71. The summed E-state index contributed by atoms with van der Waals surface area (Å²) in [4.78, 5) is 17.4. The minimum absolute atomic E-state index is 0.171. The molecule has 1 amide bonds. The van der Waals surface area contributed by atoms with Crippen LogP contribution in [0.5, 0.6) is 0 Å². The number of aryl methyl sites for hydroxylation is 1. The van der Waals surface area contributed by atoms with E-state index in [2.05, 4.69) is 39.4 Å². The molecule has 0 radical (unpaired) electrons. The summed E-state index contributed by atoms with van der Waals surface area (Å²) in [6.07, 6.45) is 3.33. The first-order valence-corrected chi connectivity index (χ1v) is 10.5. The Bertz CT molecular complexity index is 1040. The third-order valence-electron chi connectivity index (χ3n) is 5.51. The fourth-order valence-corrected chi connectivity index (χ4v) is 3.81. The number of benzene rings is 2. The van der Waals surface area contributed by atoms with Gasteiger partial charge in [-0.2, -0.15) is 5.10 Å². The van der Waals surface area contributed by atoms with Gasteiger partial charge in [0, 0.05) is 48.8 Å². The molecule has 0 aliphatic carbocycles. The molecule has 1 aliphatic rings. The van der Waals surface area contributed by atoms with E-state index in [0.29, 0.717) is 17.1 Å². The molecule has 30 heavy (non-hydrogen) atoms. The minimum Gasteiger partial charge on any atom is -0.369 e. The van der Waals surface area contributed by atoms with Crippen LogP contribution in [0.1, 0.15) is 21.5 Å². The Kier molecular flexibility index (Phi) is 6.06. The number of rotatable bonds is 5. The molecule has 1 N–H and O–H groups in total. The lowest BCUT2D eigenvalue weighted by Crippen LogP contribution is -2.44. The Morgan fingerprint density at radius 1 is 1.13 bits per heavy atom. The molecular formula is C23H26ClN5O. The van der Waals surface area contributed by atoms with Gasteiger partial charge in [0.05, 0.1) is 18.3 Å². The number of hydrogen-bond donors (Lipinski definition) is 1. The molecule has 4 rings (SSSR count). The SMILES string of the molecule is Cc1cc(N2CCN(C)CC2)ccc1NC(=O)c1cnn(Cc2ccccc2Cl)c1. The molecule has 0 spiro atoms. The van der Waals surface area contributed by atoms with Crippen LogP contribution in [-0.2, 0) is 6.54 Å². The molecule has 156 valence electrons. The van der Waals surface area contributed by atoms with E-state index in [1.807, 2.05) is 37.3 Å². The Balaban J connectivity index is 1.41. The average molecular weight is 424 g/mol. The molecule has 0 bridgehead atoms. The van der Waals surface area contributed by atoms with Crippen molar-refractivity contribution in [2.24, 2.45) is 0 Å². The van der Waals surface area contributed by atoms with Crippen molar-refractivity contribution < 1.29 is 4.79 Å². The van der Waals surface area contributed by atoms with Gasteiger partial charge >= 0.3 is 0 Å². The van der Waals surface area contributed by atoms with E-state index in [0.717, 1.165) is 43.0 Å². The lowest BCUT2D eigenvalue weighted by Gasteiger charge is -2.34. The van der Waals surface area contributed by atoms with Crippen LogP contribution in [0.15, 0.2) is 54.9 Å². The highest BCUT2D eigenvalue weighted by Crippen LogP contribution is 2.24. The molecule has 7 heteroatoms. The van der Waals surface area contributed by atoms with Crippen molar-refractivity contribution in [1.82, 2.24) is 14.7 Å². The summed E-state index contributed by atoms with van der Waals surface area (Å²) < 4.78 is 1.72. The number of halogens is 1. The summed E-state index contributed by atoms with van der Waals surface area (Å²) in [5.74, 6) is -0.171. The smallest absolute Gasteiger partial charge is 0.258 e. The lowest BCUT2D eigenvalue weighted by atomic mass is 10.1. The van der Waals surface area contributed by atoms with Gasteiger partial charge in [-0.15, -0.1) is 0 Å². The van der Waals surface area contributed by atoms with Gasteiger partial charge in [-0.1, -0.05) is 29.8 Å². The van der Waals surface area contributed by atoms with Gasteiger partial charge in [-0.25, -0.2) is 0 Å². The molecule has 1 saturated heterocycles. The number of nitrogens with zero attached hydrogens (tertiary/aromatic N) is 4. The quantitative estimate of drug-likeness (QED) is 0.676. The number of piperazine rings is 1. The monoisotopic (exact) mass is 423 g/mol. The first-order chi connectivity index (χ1) is 14.5. The van der Waals surface area contributed by atoms with Gasteiger partial charge < -0.3 is 15.1 Å². The number of likely N-dealkylation sites (N-methyl/N-ethyl adjacent to an activating group) is 1. The minimum atomic E-state index is -0.171. The van der Waals surface area contributed by atoms with Gasteiger partial charge in [0.1, 0.15) is 0 Å². The molecular weight excluding hydrogens is 398 g/mol. The Labute approximate surface area is 182 Å². The maximum absolute atomic E-state index is 12.7. The molecule has 0 unspecified atom stereocenters. The summed E-state index contributed by atoms with van der Waals surface area (Å²) in [6, 6.07) is 13.8. The number of nitrogens with one attached hydrogen (secondary N) is 1. The molecule has 1 aliphatic heterocycles. The van der Waals surface area contributed by atoms with Gasteiger partial charge in [0.2, 0.25) is 0 Å². The predicted molar refractivity (Wildman–Crippen MR) is 122 cm³/mol. The maximum atomic E-state index is 12.7. The Morgan fingerprint density at radius 3 is 2.63 bits per heavy atom. The fourth-order valence-electron chi connectivity index (χ4n) is 3.61. The third-order valence-corrected chi connectivity index (χ3v) is 5.88. The van der Waals surface area contributed by atoms with Crippen LogP contribution in [-0.4, -0.2) is 53.8 Å². The van der Waals surface area contributed by atoms with Crippen LogP contribution >= 0.6 is 11.6 Å². The van der Waals surface area contributed by atoms with E-state index >= 15 is 0 Å². The highest BCUT2D eigenvalue weighted by molar-refractivity contribution is 6.31. The van der Waals surface area contributed by atoms with Crippen LogP contribution in [0.3, 0.4) is 0 Å². The highest BCUT2D eigenvalue weighted by atomic mass is 35.5. The Hall–Kier alpha value is -2.83. The lowest BCUT2D eigenvalue weighted by molar-refractivity contribution is 0.102. The summed E-state index contributed by atoms with van der Waals surface area (Å²) >= 11 is 6.22. The third kappa shape index (κ3) is 4.66. The van der Waals surface area contributed by atoms with Gasteiger partial charge in [0.15, 0.2) is 0 Å². The zero-order valence-corrected chi connectivity index (χ0v) is 18.1. The van der Waals surface area contributed by atoms with Crippen LogP contribution in [0.2, 0.25) is 5.02 Å². The van der Waals surface area contributed by atoms with Crippen molar-refractivity contribution in [1.29, 1.82) is 0 Å². The summed E-state index contributed by atoms with van der Waals surface area (Å²) in [5, 5.41) is 8.00. The van der Waals surface area contributed by atoms with Crippen LogP contribution in [0.25, 0.3) is 0 Å². The molecule has 2 aromatic carbocycles. The van der Waals surface area contributed by atoms with E-state index in [4.69, 9.17) is 11.6 Å². The highest BCUT2D eigenvalue weighted by Gasteiger charge is 2.16. The van der Waals surface area contributed by atoms with Crippen molar-refractivity contribution in [2.45, 2.75) is 13.5 Å². The number of hydrogen-bond acceptors (Lipinski definition) is 4. The Morgan fingerprint density at radius 2 is 1.90 bits per heavy atom. The molecule has 1 fully saturated rings. The second kappa shape index (κ2) is 8.90. The van der Waals surface area contributed by atoms with E-state index in [-0.39, 0.29) is 5.91 Å². The average Bonchev–Trinajstić information content (AvgIpc) is 3.20. The van der Waals surface area contributed by atoms with Crippen molar-refractivity contribution in [2.75, 3.05) is 43.4 Å². The standard InChI is InChI=1S/C23H26ClN5O/c1-17-13-20(28-11-9-27(2)10-12-28)7-8-22(17)26-23(30)19-14-25-29(16-19)15-18-5-3-4-6-21(18)24/h3-8,13-14,16H,9-12,15H2,1-2H3,(H,26,30). The van der Waals surface area contributed by atoms with E-state index in [9.17, 15) is 4.79 Å². The van der Waals surface area contributed by atoms with Crippen LogP contribution in [0, 0.1) is 6.92 Å². The molecule has 2 heterocycles. The normalized spacial score (nSPS) is 14.7. The van der Waals surface area contributed by atoms with Crippen molar-refractivity contribution in [3.05, 3.63) is 76.6 Å². The summed E-state index contributed by atoms with van der Waals surface area (Å²) in [5.41, 5.74) is 4.54. The number of aromatic nitrogens is 2. The van der Waals surface area contributed by atoms with Crippen molar-refractivity contribution >= 4 is 28.9 Å². The molecule has 1 aromatic heterocycles. The zero-order valence-electron chi connectivity index (χ0n) is 17.3. The largest absolute Gasteiger partial charge is 0.369 e. The molecule has 0 atom stereocenters. The van der Waals surface area contributed by atoms with Gasteiger partial charge in [-0.3, -0.25) is 9.48 Å². The van der Waals surface area contributed by atoms with Gasteiger partial charge in [0.25, 0.3) is 5.91 Å². The van der Waals surface area contributed by atoms with Crippen molar-refractivity contribution in [3.63, 3.8) is 0 Å². The number of carbonyl (C=O) groups is 1. The number of anilines is 2. The molecule has 0 saturated carbocycles. The molecule has 6 nitrogen and oxygen atoms in total. The van der Waals surface area contributed by atoms with Gasteiger partial charge in [-0.05, 0) is 49.4 Å². The second-order valence-electron chi connectivity index (χ2n) is 7.76. The molecule has 3 aromatic rings. The van der Waals surface area contributed by atoms with Crippen molar-refractivity contribution in [3.8, 4) is 0 Å². The topological polar surface area (TPSA) is 53.4 Å².